The Kier molecular flexibility index (Phi) is 6.31. The maximum absolute atomic E-state index is 13.6. The molecule has 1 aromatic heterocycles. The van der Waals surface area contributed by atoms with Crippen LogP contribution in [-0.4, -0.2) is 21.7 Å². The maximum Gasteiger partial charge on any atom is 0.407 e. The van der Waals surface area contributed by atoms with E-state index in [4.69, 9.17) is 16.3 Å². The lowest BCUT2D eigenvalue weighted by atomic mass is 10.1. The zero-order valence-corrected chi connectivity index (χ0v) is 15.2. The molecular formula is C18H21ClFN3O2. The first-order valence-electron chi connectivity index (χ1n) is 7.94. The molecule has 134 valence electrons. The van der Waals surface area contributed by atoms with Gasteiger partial charge in [-0.3, -0.25) is 0 Å². The van der Waals surface area contributed by atoms with Gasteiger partial charge in [0.15, 0.2) is 5.82 Å². The Balaban J connectivity index is 1.85. The fraction of sp³-hybridized carbons (Fsp3) is 0.389. The van der Waals surface area contributed by atoms with Crippen molar-refractivity contribution in [2.24, 2.45) is 0 Å². The number of aryl methyl sites for hydroxylation is 2. The number of alkyl carbamates (subject to hydrolysis) is 1. The van der Waals surface area contributed by atoms with Gasteiger partial charge in [-0.1, -0.05) is 24.3 Å². The third-order valence-corrected chi connectivity index (χ3v) is 3.48. The number of benzene rings is 1. The quantitative estimate of drug-likeness (QED) is 0.811. The lowest BCUT2D eigenvalue weighted by Crippen LogP contribution is -2.32. The van der Waals surface area contributed by atoms with Crippen LogP contribution in [0.3, 0.4) is 0 Å². The molecule has 0 atom stereocenters. The smallest absolute Gasteiger partial charge is 0.407 e. The van der Waals surface area contributed by atoms with Crippen LogP contribution in [-0.2, 0) is 24.1 Å². The van der Waals surface area contributed by atoms with Crippen LogP contribution in [0.5, 0.6) is 0 Å². The molecular weight excluding hydrogens is 345 g/mol. The number of aromatic nitrogens is 2. The molecule has 1 aromatic carbocycles. The van der Waals surface area contributed by atoms with Crippen molar-refractivity contribution in [1.29, 1.82) is 0 Å². The molecule has 0 aliphatic heterocycles. The summed E-state index contributed by atoms with van der Waals surface area (Å²) in [6.45, 7) is 5.82. The summed E-state index contributed by atoms with van der Waals surface area (Å²) in [5, 5.41) is 2.75. The van der Waals surface area contributed by atoms with E-state index in [9.17, 15) is 9.18 Å². The minimum Gasteiger partial charge on any atom is -0.444 e. The van der Waals surface area contributed by atoms with Crippen LogP contribution < -0.4 is 5.32 Å². The number of hydrogen-bond acceptors (Lipinski definition) is 4. The highest BCUT2D eigenvalue weighted by Gasteiger charge is 2.15. The highest BCUT2D eigenvalue weighted by atomic mass is 35.5. The van der Waals surface area contributed by atoms with E-state index in [1.54, 1.807) is 0 Å². The molecule has 0 spiro atoms. The van der Waals surface area contributed by atoms with Crippen molar-refractivity contribution in [2.75, 3.05) is 0 Å². The Morgan fingerprint density at radius 1 is 1.20 bits per heavy atom. The van der Waals surface area contributed by atoms with Gasteiger partial charge < -0.3 is 10.1 Å². The van der Waals surface area contributed by atoms with Crippen LogP contribution >= 0.6 is 11.6 Å². The summed E-state index contributed by atoms with van der Waals surface area (Å²) >= 11 is 5.69. The van der Waals surface area contributed by atoms with E-state index in [1.165, 1.54) is 0 Å². The monoisotopic (exact) mass is 365 g/mol. The Morgan fingerprint density at radius 2 is 1.84 bits per heavy atom. The van der Waals surface area contributed by atoms with E-state index in [0.29, 0.717) is 25.1 Å². The average Bonchev–Trinajstić information content (AvgIpc) is 2.53. The molecule has 1 heterocycles. The summed E-state index contributed by atoms with van der Waals surface area (Å²) in [7, 11) is 0. The van der Waals surface area contributed by atoms with Crippen molar-refractivity contribution >= 4 is 17.7 Å². The lowest BCUT2D eigenvalue weighted by molar-refractivity contribution is 0.0523. The molecule has 0 aliphatic carbocycles. The number of nitrogens with one attached hydrogen (secondary N) is 1. The minimum absolute atomic E-state index is 0.0416. The molecule has 5 nitrogen and oxygen atoms in total. The van der Waals surface area contributed by atoms with Crippen LogP contribution in [0.15, 0.2) is 30.5 Å². The predicted molar refractivity (Wildman–Crippen MR) is 93.9 cm³/mol. The van der Waals surface area contributed by atoms with Gasteiger partial charge in [0.1, 0.15) is 5.60 Å². The highest BCUT2D eigenvalue weighted by molar-refractivity contribution is 6.28. The minimum atomic E-state index is -0.521. The van der Waals surface area contributed by atoms with E-state index in [2.05, 4.69) is 15.3 Å². The van der Waals surface area contributed by atoms with Crippen LogP contribution in [0.25, 0.3) is 0 Å². The molecule has 0 unspecified atom stereocenters. The summed E-state index contributed by atoms with van der Waals surface area (Å²) in [5.74, 6) is -0.456. The number of carbonyl (C=O) groups excluding carboxylic acids is 1. The first kappa shape index (κ1) is 19.1. The van der Waals surface area contributed by atoms with Gasteiger partial charge in [0, 0.05) is 6.54 Å². The number of ether oxygens (including phenoxy) is 1. The largest absolute Gasteiger partial charge is 0.444 e. The molecule has 2 rings (SSSR count). The Morgan fingerprint density at radius 3 is 2.48 bits per heavy atom. The normalized spacial score (nSPS) is 11.2. The van der Waals surface area contributed by atoms with Gasteiger partial charge in [-0.25, -0.2) is 19.2 Å². The maximum atomic E-state index is 13.6. The van der Waals surface area contributed by atoms with Crippen molar-refractivity contribution in [1.82, 2.24) is 15.3 Å². The van der Waals surface area contributed by atoms with Gasteiger partial charge in [-0.05, 0) is 56.3 Å². The second-order valence-electron chi connectivity index (χ2n) is 6.61. The van der Waals surface area contributed by atoms with Crippen molar-refractivity contribution in [3.8, 4) is 0 Å². The summed E-state index contributed by atoms with van der Waals surface area (Å²) in [6.07, 6.45) is 1.69. The Labute approximate surface area is 151 Å². The Hall–Kier alpha value is -2.21. The van der Waals surface area contributed by atoms with Gasteiger partial charge in [0.25, 0.3) is 0 Å². The van der Waals surface area contributed by atoms with Crippen LogP contribution in [0.2, 0.25) is 5.28 Å². The number of amides is 1. The average molecular weight is 366 g/mol. The molecule has 0 bridgehead atoms. The SMILES string of the molecule is CC(C)(C)OC(=O)NCc1ccc(CCc2nc(Cl)ncc2F)cc1. The van der Waals surface area contributed by atoms with E-state index in [-0.39, 0.29) is 5.28 Å². The number of rotatable bonds is 5. The Bertz CT molecular complexity index is 730. The standard InChI is InChI=1S/C18H21ClFN3O2/c1-18(2,3)25-17(24)22-10-13-6-4-12(5-7-13)8-9-15-14(20)11-21-16(19)23-15/h4-7,11H,8-10H2,1-3H3,(H,22,24). The van der Waals surface area contributed by atoms with Crippen molar-refractivity contribution in [3.05, 3.63) is 58.4 Å². The molecule has 0 fully saturated rings. The molecule has 25 heavy (non-hydrogen) atoms. The summed E-state index contributed by atoms with van der Waals surface area (Å²) < 4.78 is 18.8. The molecule has 0 saturated carbocycles. The molecule has 0 aliphatic rings. The topological polar surface area (TPSA) is 64.1 Å². The summed E-state index contributed by atoms with van der Waals surface area (Å²) in [6, 6.07) is 7.70. The van der Waals surface area contributed by atoms with Gasteiger partial charge in [0.05, 0.1) is 11.9 Å². The lowest BCUT2D eigenvalue weighted by Gasteiger charge is -2.19. The third kappa shape index (κ3) is 6.66. The van der Waals surface area contributed by atoms with Crippen LogP contribution in [0, 0.1) is 5.82 Å². The number of carbonyl (C=O) groups is 1. The molecule has 0 radical (unpaired) electrons. The van der Waals surface area contributed by atoms with Crippen LogP contribution in [0.4, 0.5) is 9.18 Å². The van der Waals surface area contributed by atoms with Crippen molar-refractivity contribution in [2.45, 2.75) is 45.8 Å². The zero-order chi connectivity index (χ0) is 18.4. The number of halogens is 2. The second-order valence-corrected chi connectivity index (χ2v) is 6.94. The third-order valence-electron chi connectivity index (χ3n) is 3.30. The molecule has 2 aromatic rings. The summed E-state index contributed by atoms with van der Waals surface area (Å²) in [5.41, 5.74) is 1.77. The van der Waals surface area contributed by atoms with Crippen molar-refractivity contribution in [3.63, 3.8) is 0 Å². The second kappa shape index (κ2) is 8.25. The molecule has 0 saturated heterocycles. The van der Waals surface area contributed by atoms with E-state index in [1.807, 2.05) is 45.0 Å². The van der Waals surface area contributed by atoms with Gasteiger partial charge >= 0.3 is 6.09 Å². The first-order chi connectivity index (χ1) is 11.7. The van der Waals surface area contributed by atoms with E-state index < -0.39 is 17.5 Å². The summed E-state index contributed by atoms with van der Waals surface area (Å²) in [4.78, 5) is 19.1. The fourth-order valence-electron chi connectivity index (χ4n) is 2.13. The van der Waals surface area contributed by atoms with E-state index >= 15 is 0 Å². The number of hydrogen-bond donors (Lipinski definition) is 1. The van der Waals surface area contributed by atoms with Crippen molar-refractivity contribution < 1.29 is 13.9 Å². The first-order valence-corrected chi connectivity index (χ1v) is 8.32. The predicted octanol–water partition coefficient (Wildman–Crippen LogP) is 4.08. The van der Waals surface area contributed by atoms with E-state index in [0.717, 1.165) is 17.3 Å². The molecule has 7 heteroatoms. The zero-order valence-electron chi connectivity index (χ0n) is 14.5. The molecule has 1 amide bonds. The van der Waals surface area contributed by atoms with Gasteiger partial charge in [-0.15, -0.1) is 0 Å². The fourth-order valence-corrected chi connectivity index (χ4v) is 2.28. The van der Waals surface area contributed by atoms with Gasteiger partial charge in [-0.2, -0.15) is 0 Å². The highest BCUT2D eigenvalue weighted by Crippen LogP contribution is 2.12. The van der Waals surface area contributed by atoms with Gasteiger partial charge in [0.2, 0.25) is 5.28 Å². The van der Waals surface area contributed by atoms with Crippen LogP contribution in [0.1, 0.15) is 37.6 Å². The molecule has 1 N–H and O–H groups in total. The number of nitrogens with zero attached hydrogens (tertiary/aromatic N) is 2.